The molecule has 3 aromatic carbocycles. The number of carbonyl (C=O) groups is 3. The molecule has 9 nitrogen and oxygen atoms in total. The number of fused-ring (bicyclic) bond motifs is 6. The monoisotopic (exact) mass is 542 g/mol. The van der Waals surface area contributed by atoms with E-state index in [1.165, 1.54) is 30.5 Å². The molecule has 41 heavy (non-hydrogen) atoms. The fourth-order valence-corrected chi connectivity index (χ4v) is 6.80. The number of para-hydroxylation sites is 1. The molecule has 200 valence electrons. The first-order valence-electron chi connectivity index (χ1n) is 13.1. The molecule has 1 aromatic heterocycles. The predicted molar refractivity (Wildman–Crippen MR) is 150 cm³/mol. The van der Waals surface area contributed by atoms with E-state index in [4.69, 9.17) is 0 Å². The lowest BCUT2D eigenvalue weighted by Crippen LogP contribution is -2.49. The number of nitro groups is 1. The lowest BCUT2D eigenvalue weighted by molar-refractivity contribution is -0.384. The zero-order chi connectivity index (χ0) is 28.3. The van der Waals surface area contributed by atoms with E-state index in [9.17, 15) is 24.5 Å². The van der Waals surface area contributed by atoms with E-state index in [1.807, 2.05) is 48.5 Å². The van der Waals surface area contributed by atoms with Crippen LogP contribution in [0.5, 0.6) is 0 Å². The van der Waals surface area contributed by atoms with Gasteiger partial charge in [0.05, 0.1) is 16.9 Å². The van der Waals surface area contributed by atoms with Crippen molar-refractivity contribution >= 4 is 34.9 Å². The number of aromatic nitrogens is 1. The molecule has 3 aliphatic rings. The molecule has 9 heteroatoms. The molecule has 3 aliphatic heterocycles. The van der Waals surface area contributed by atoms with Crippen molar-refractivity contribution in [3.63, 3.8) is 0 Å². The second kappa shape index (κ2) is 9.06. The second-order valence-electron chi connectivity index (χ2n) is 10.4. The highest BCUT2D eigenvalue weighted by Gasteiger charge is 2.70. The molecule has 1 saturated heterocycles. The van der Waals surface area contributed by atoms with E-state index in [1.54, 1.807) is 35.5 Å². The van der Waals surface area contributed by atoms with Gasteiger partial charge in [-0.25, -0.2) is 0 Å². The van der Waals surface area contributed by atoms with Crippen LogP contribution >= 0.6 is 0 Å². The van der Waals surface area contributed by atoms with Crippen LogP contribution in [0.25, 0.3) is 6.08 Å². The van der Waals surface area contributed by atoms with Crippen molar-refractivity contribution in [1.29, 1.82) is 0 Å². The summed E-state index contributed by atoms with van der Waals surface area (Å²) in [6.45, 7) is 0. The molecule has 1 N–H and O–H groups in total. The third-order valence-electron chi connectivity index (χ3n) is 8.41. The van der Waals surface area contributed by atoms with Gasteiger partial charge in [0.2, 0.25) is 5.91 Å². The van der Waals surface area contributed by atoms with Crippen LogP contribution in [0.4, 0.5) is 11.4 Å². The Morgan fingerprint density at radius 3 is 2.51 bits per heavy atom. The van der Waals surface area contributed by atoms with Crippen molar-refractivity contribution in [1.82, 2.24) is 9.88 Å². The molecule has 4 aromatic rings. The fraction of sp³-hybridized carbons (Fsp3) is 0.125. The topological polar surface area (TPSA) is 123 Å². The zero-order valence-corrected chi connectivity index (χ0v) is 21.5. The number of nitrogens with zero attached hydrogens (tertiary/aromatic N) is 3. The smallest absolute Gasteiger partial charge is 0.270 e. The predicted octanol–water partition coefficient (Wildman–Crippen LogP) is 4.97. The number of hydrogen-bond donors (Lipinski definition) is 1. The molecule has 0 saturated carbocycles. The van der Waals surface area contributed by atoms with Crippen LogP contribution in [0.2, 0.25) is 0 Å². The van der Waals surface area contributed by atoms with E-state index in [-0.39, 0.29) is 22.7 Å². The van der Waals surface area contributed by atoms with Crippen LogP contribution in [-0.4, -0.2) is 38.3 Å². The number of ketones is 2. The Labute approximate surface area is 234 Å². The summed E-state index contributed by atoms with van der Waals surface area (Å²) in [6.07, 6.45) is 6.61. The number of non-ortho nitro benzene ring substituents is 1. The summed E-state index contributed by atoms with van der Waals surface area (Å²) < 4.78 is 0. The Morgan fingerprint density at radius 1 is 0.927 bits per heavy atom. The standard InChI is InChI=1S/C32H22N4O5/c37-28(21-9-6-15-33-18-21)26-27(29(38)20-8-5-10-22(17-20)36(40)41)35-16-14-19-7-1-2-11-23(19)30(35)32(26)24-12-3-4-13-25(24)34-31(32)39/h1-18,26-27,30H,(H,34,39)/t26-,27+,30-,32+/m1/s1. The lowest BCUT2D eigenvalue weighted by Gasteiger charge is -2.38. The fourth-order valence-electron chi connectivity index (χ4n) is 6.80. The molecular formula is C32H22N4O5. The van der Waals surface area contributed by atoms with Crippen LogP contribution in [-0.2, 0) is 10.2 Å². The number of benzene rings is 3. The number of carbonyl (C=O) groups excluding carboxylic acids is 3. The summed E-state index contributed by atoms with van der Waals surface area (Å²) in [6, 6.07) is 21.8. The maximum absolute atomic E-state index is 14.6. The number of amides is 1. The van der Waals surface area contributed by atoms with Gasteiger partial charge in [0, 0.05) is 47.5 Å². The average molecular weight is 543 g/mol. The van der Waals surface area contributed by atoms with Gasteiger partial charge in [-0.3, -0.25) is 29.5 Å². The SMILES string of the molecule is O=C(c1cccc([N+](=O)[O-])c1)[C@@H]1[C@H](C(=O)c2cccnc2)[C@]2(C(=O)Nc3ccccc32)[C@H]2c3ccccc3C=CN12. The maximum Gasteiger partial charge on any atom is 0.270 e. The highest BCUT2D eigenvalue weighted by molar-refractivity contribution is 6.16. The zero-order valence-electron chi connectivity index (χ0n) is 21.5. The van der Waals surface area contributed by atoms with Gasteiger partial charge in [-0.05, 0) is 41.0 Å². The summed E-state index contributed by atoms with van der Waals surface area (Å²) in [4.78, 5) is 60.4. The Morgan fingerprint density at radius 2 is 1.71 bits per heavy atom. The number of nitrogens with one attached hydrogen (secondary N) is 1. The maximum atomic E-state index is 14.6. The summed E-state index contributed by atoms with van der Waals surface area (Å²) >= 11 is 0. The highest BCUT2D eigenvalue weighted by Crippen LogP contribution is 2.62. The van der Waals surface area contributed by atoms with E-state index >= 15 is 0 Å². The molecule has 7 rings (SSSR count). The van der Waals surface area contributed by atoms with Crippen LogP contribution < -0.4 is 5.32 Å². The van der Waals surface area contributed by atoms with E-state index < -0.39 is 39.9 Å². The summed E-state index contributed by atoms with van der Waals surface area (Å²) in [5, 5.41) is 14.6. The van der Waals surface area contributed by atoms with Crippen LogP contribution in [0.3, 0.4) is 0 Å². The molecule has 1 amide bonds. The molecule has 0 bridgehead atoms. The van der Waals surface area contributed by atoms with Crippen LogP contribution in [0, 0.1) is 16.0 Å². The van der Waals surface area contributed by atoms with Crippen molar-refractivity contribution in [2.75, 3.05) is 5.32 Å². The minimum absolute atomic E-state index is 0.0861. The quantitative estimate of drug-likeness (QED) is 0.215. The Kier molecular flexibility index (Phi) is 5.43. The van der Waals surface area contributed by atoms with E-state index in [2.05, 4.69) is 10.3 Å². The van der Waals surface area contributed by atoms with Gasteiger partial charge in [0.25, 0.3) is 5.69 Å². The van der Waals surface area contributed by atoms with Crippen molar-refractivity contribution in [3.05, 3.63) is 141 Å². The van der Waals surface area contributed by atoms with Crippen molar-refractivity contribution < 1.29 is 19.3 Å². The summed E-state index contributed by atoms with van der Waals surface area (Å²) in [5.74, 6) is -2.45. The second-order valence-corrected chi connectivity index (χ2v) is 10.4. The van der Waals surface area contributed by atoms with Gasteiger partial charge in [0.15, 0.2) is 11.6 Å². The molecule has 0 aliphatic carbocycles. The highest BCUT2D eigenvalue weighted by atomic mass is 16.6. The number of nitro benzene ring substituents is 1. The van der Waals surface area contributed by atoms with Gasteiger partial charge in [0.1, 0.15) is 11.5 Å². The Hall–Kier alpha value is -5.44. The van der Waals surface area contributed by atoms with Crippen molar-refractivity contribution in [2.45, 2.75) is 17.5 Å². The minimum atomic E-state index is -1.48. The van der Waals surface area contributed by atoms with Crippen LogP contribution in [0.1, 0.15) is 43.4 Å². The summed E-state index contributed by atoms with van der Waals surface area (Å²) in [5.41, 5.74) is 1.52. The van der Waals surface area contributed by atoms with Crippen molar-refractivity contribution in [2.24, 2.45) is 5.92 Å². The first-order valence-corrected chi connectivity index (χ1v) is 13.1. The van der Waals surface area contributed by atoms with E-state index in [0.29, 0.717) is 11.3 Å². The Balaban J connectivity index is 1.53. The molecule has 1 spiro atoms. The molecular weight excluding hydrogens is 520 g/mol. The van der Waals surface area contributed by atoms with E-state index in [0.717, 1.165) is 11.1 Å². The van der Waals surface area contributed by atoms with Gasteiger partial charge < -0.3 is 10.2 Å². The van der Waals surface area contributed by atoms with Crippen LogP contribution in [0.15, 0.2) is 104 Å². The molecule has 4 heterocycles. The third-order valence-corrected chi connectivity index (χ3v) is 8.41. The Bertz CT molecular complexity index is 1800. The average Bonchev–Trinajstić information content (AvgIpc) is 3.49. The number of rotatable bonds is 5. The largest absolute Gasteiger partial charge is 0.358 e. The molecule has 0 unspecified atom stereocenters. The van der Waals surface area contributed by atoms with Crippen molar-refractivity contribution in [3.8, 4) is 0 Å². The first-order chi connectivity index (χ1) is 19.9. The molecule has 0 radical (unpaired) electrons. The first kappa shape index (κ1) is 24.6. The molecule has 4 atom stereocenters. The number of anilines is 1. The van der Waals surface area contributed by atoms with Gasteiger partial charge in [-0.15, -0.1) is 0 Å². The minimum Gasteiger partial charge on any atom is -0.358 e. The third kappa shape index (κ3) is 3.42. The molecule has 1 fully saturated rings. The van der Waals surface area contributed by atoms with Gasteiger partial charge in [-0.1, -0.05) is 54.6 Å². The van der Waals surface area contributed by atoms with Gasteiger partial charge in [-0.2, -0.15) is 0 Å². The normalized spacial score (nSPS) is 23.5. The van der Waals surface area contributed by atoms with Gasteiger partial charge >= 0.3 is 0 Å². The summed E-state index contributed by atoms with van der Waals surface area (Å²) in [7, 11) is 0. The lowest BCUT2D eigenvalue weighted by atomic mass is 9.62. The number of pyridine rings is 1. The number of hydrogen-bond acceptors (Lipinski definition) is 7. The number of Topliss-reactive ketones (excluding diaryl/α,β-unsaturated/α-hetero) is 2.